The Morgan fingerprint density at radius 3 is 2.25 bits per heavy atom. The van der Waals surface area contributed by atoms with Gasteiger partial charge >= 0.3 is 6.09 Å². The molecule has 0 aromatic heterocycles. The van der Waals surface area contributed by atoms with Crippen LogP contribution in [0.3, 0.4) is 0 Å². The second kappa shape index (κ2) is 13.2. The van der Waals surface area contributed by atoms with Gasteiger partial charge in [0.1, 0.15) is 0 Å². The van der Waals surface area contributed by atoms with Crippen LogP contribution in [0, 0.1) is 0 Å². The smallest absolute Gasteiger partial charge is 0.414 e. The summed E-state index contributed by atoms with van der Waals surface area (Å²) in [7, 11) is 8.03. The molecule has 1 heterocycles. The van der Waals surface area contributed by atoms with Gasteiger partial charge in [0.2, 0.25) is 5.91 Å². The van der Waals surface area contributed by atoms with Crippen molar-refractivity contribution in [3.05, 3.63) is 82.9 Å². The molecule has 2 amide bonds. The Bertz CT molecular complexity index is 1330. The first kappa shape index (κ1) is 28.8. The number of amides is 2. The van der Waals surface area contributed by atoms with E-state index in [0.717, 1.165) is 28.7 Å². The van der Waals surface area contributed by atoms with Crippen LogP contribution in [0.15, 0.2) is 60.7 Å². The molecule has 9 heteroatoms. The van der Waals surface area contributed by atoms with Crippen molar-refractivity contribution < 1.29 is 28.5 Å². The molecule has 0 fully saturated rings. The van der Waals surface area contributed by atoms with Crippen molar-refractivity contribution in [3.8, 4) is 23.0 Å². The van der Waals surface area contributed by atoms with Crippen LogP contribution in [0.4, 0.5) is 4.79 Å². The lowest BCUT2D eigenvalue weighted by atomic mass is 9.88. The Morgan fingerprint density at radius 2 is 1.57 bits per heavy atom. The van der Waals surface area contributed by atoms with E-state index in [1.807, 2.05) is 54.6 Å². The van der Waals surface area contributed by atoms with E-state index in [-0.39, 0.29) is 18.5 Å². The highest BCUT2D eigenvalue weighted by atomic mass is 16.6. The van der Waals surface area contributed by atoms with Crippen LogP contribution in [0.25, 0.3) is 0 Å². The Labute approximate surface area is 235 Å². The van der Waals surface area contributed by atoms with Crippen LogP contribution in [-0.4, -0.2) is 70.3 Å². The van der Waals surface area contributed by atoms with Gasteiger partial charge in [-0.25, -0.2) is 4.79 Å². The van der Waals surface area contributed by atoms with Crippen molar-refractivity contribution in [2.24, 2.45) is 0 Å². The molecule has 1 atom stereocenters. The summed E-state index contributed by atoms with van der Waals surface area (Å²) >= 11 is 0. The summed E-state index contributed by atoms with van der Waals surface area (Å²) in [5.74, 6) is 2.07. The predicted octanol–water partition coefficient (Wildman–Crippen LogP) is 4.23. The first-order chi connectivity index (χ1) is 19.3. The van der Waals surface area contributed by atoms with Gasteiger partial charge in [0, 0.05) is 33.2 Å². The van der Waals surface area contributed by atoms with E-state index in [9.17, 15) is 9.59 Å². The van der Waals surface area contributed by atoms with Crippen molar-refractivity contribution in [2.75, 3.05) is 48.5 Å². The molecule has 3 aromatic rings. The highest BCUT2D eigenvalue weighted by Gasteiger charge is 2.31. The zero-order chi connectivity index (χ0) is 28.6. The summed E-state index contributed by atoms with van der Waals surface area (Å²) in [5.41, 5.74) is 4.20. The largest absolute Gasteiger partial charge is 0.493 e. The zero-order valence-corrected chi connectivity index (χ0v) is 23.7. The van der Waals surface area contributed by atoms with E-state index >= 15 is 0 Å². The van der Waals surface area contributed by atoms with E-state index in [2.05, 4.69) is 10.2 Å². The maximum absolute atomic E-state index is 13.1. The number of methoxy groups -OCH3 is 3. The summed E-state index contributed by atoms with van der Waals surface area (Å²) in [5, 5.41) is 3.05. The van der Waals surface area contributed by atoms with Gasteiger partial charge in [-0.2, -0.15) is 0 Å². The van der Waals surface area contributed by atoms with Gasteiger partial charge in [0.25, 0.3) is 0 Å². The second-order valence-corrected chi connectivity index (χ2v) is 9.86. The third-order valence-corrected chi connectivity index (χ3v) is 7.01. The van der Waals surface area contributed by atoms with Gasteiger partial charge in [0.05, 0.1) is 27.9 Å². The summed E-state index contributed by atoms with van der Waals surface area (Å²) in [4.78, 5) is 28.9. The molecule has 1 aliphatic rings. The van der Waals surface area contributed by atoms with Crippen molar-refractivity contribution >= 4 is 12.0 Å². The lowest BCUT2D eigenvalue weighted by Gasteiger charge is -2.37. The van der Waals surface area contributed by atoms with Crippen LogP contribution >= 0.6 is 0 Å². The average molecular weight is 548 g/mol. The van der Waals surface area contributed by atoms with Crippen LogP contribution in [0.5, 0.6) is 23.0 Å². The average Bonchev–Trinajstić information content (AvgIpc) is 2.97. The minimum Gasteiger partial charge on any atom is -0.493 e. The van der Waals surface area contributed by atoms with Crippen LogP contribution in [0.1, 0.15) is 28.3 Å². The number of nitrogens with zero attached hydrogens (tertiary/aromatic N) is 2. The van der Waals surface area contributed by atoms with Crippen molar-refractivity contribution in [1.82, 2.24) is 15.1 Å². The number of nitrogens with one attached hydrogen (secondary N) is 1. The van der Waals surface area contributed by atoms with Crippen molar-refractivity contribution in [2.45, 2.75) is 25.4 Å². The van der Waals surface area contributed by atoms with E-state index in [4.69, 9.17) is 18.9 Å². The van der Waals surface area contributed by atoms with Gasteiger partial charge in [-0.3, -0.25) is 9.69 Å². The highest BCUT2D eigenvalue weighted by Crippen LogP contribution is 2.40. The molecule has 0 bridgehead atoms. The topological polar surface area (TPSA) is 89.6 Å². The summed E-state index contributed by atoms with van der Waals surface area (Å²) in [6.07, 6.45) is 0.851. The second-order valence-electron chi connectivity index (χ2n) is 9.86. The standard InChI is InChI=1S/C31H37N3O6/c1-33(2)31(36)40-29-16-22(11-12-26(29)37-3)15-25-24-18-28(39-5)27(38-4)17-23(24)13-14-34(25)20-30(35)32-19-21-9-7-6-8-10-21/h6-12,16-18,25H,13-15,19-20H2,1-5H3,(H,32,35). The zero-order valence-electron chi connectivity index (χ0n) is 23.7. The molecule has 40 heavy (non-hydrogen) atoms. The maximum Gasteiger partial charge on any atom is 0.414 e. The minimum absolute atomic E-state index is 0.0480. The van der Waals surface area contributed by atoms with Crippen LogP contribution < -0.4 is 24.3 Å². The molecule has 4 rings (SSSR count). The third kappa shape index (κ3) is 6.84. The molecular formula is C31H37N3O6. The molecule has 0 radical (unpaired) electrons. The summed E-state index contributed by atoms with van der Waals surface area (Å²) < 4.78 is 22.2. The fraction of sp³-hybridized carbons (Fsp3) is 0.355. The van der Waals surface area contributed by atoms with Gasteiger partial charge in [-0.05, 0) is 59.4 Å². The molecule has 1 N–H and O–H groups in total. The van der Waals surface area contributed by atoms with Crippen LogP contribution in [0.2, 0.25) is 0 Å². The number of rotatable bonds is 10. The Hall–Kier alpha value is -4.24. The van der Waals surface area contributed by atoms with Crippen molar-refractivity contribution in [1.29, 1.82) is 0 Å². The Morgan fingerprint density at radius 1 is 0.875 bits per heavy atom. The number of carbonyl (C=O) groups is 2. The molecule has 0 saturated carbocycles. The van der Waals surface area contributed by atoms with Gasteiger partial charge < -0.3 is 29.2 Å². The van der Waals surface area contributed by atoms with E-state index in [1.54, 1.807) is 34.4 Å². The van der Waals surface area contributed by atoms with E-state index < -0.39 is 6.09 Å². The summed E-state index contributed by atoms with van der Waals surface area (Å²) in [6.45, 7) is 1.41. The monoisotopic (exact) mass is 547 g/mol. The lowest BCUT2D eigenvalue weighted by molar-refractivity contribution is -0.123. The molecule has 0 aliphatic carbocycles. The Balaban J connectivity index is 1.63. The molecule has 1 aliphatic heterocycles. The number of hydrogen-bond acceptors (Lipinski definition) is 7. The fourth-order valence-electron chi connectivity index (χ4n) is 4.88. The number of ether oxygens (including phenoxy) is 4. The first-order valence-electron chi connectivity index (χ1n) is 13.2. The predicted molar refractivity (Wildman–Crippen MR) is 152 cm³/mol. The Kier molecular flexibility index (Phi) is 9.50. The summed E-state index contributed by atoms with van der Waals surface area (Å²) in [6, 6.07) is 19.3. The SMILES string of the molecule is COc1cc2c(cc1OC)C(Cc1ccc(OC)c(OC(=O)N(C)C)c1)N(CC(=O)NCc1ccccc1)CC2. The van der Waals surface area contributed by atoms with Crippen LogP contribution in [-0.2, 0) is 24.2 Å². The van der Waals surface area contributed by atoms with E-state index in [1.165, 1.54) is 12.0 Å². The third-order valence-electron chi connectivity index (χ3n) is 7.01. The molecular weight excluding hydrogens is 510 g/mol. The molecule has 9 nitrogen and oxygen atoms in total. The number of fused-ring (bicyclic) bond motifs is 1. The number of carbonyl (C=O) groups excluding carboxylic acids is 2. The first-order valence-corrected chi connectivity index (χ1v) is 13.2. The molecule has 212 valence electrons. The quantitative estimate of drug-likeness (QED) is 0.406. The van der Waals surface area contributed by atoms with Crippen molar-refractivity contribution in [3.63, 3.8) is 0 Å². The fourth-order valence-corrected chi connectivity index (χ4v) is 4.88. The molecule has 0 saturated heterocycles. The molecule has 0 spiro atoms. The number of benzene rings is 3. The lowest BCUT2D eigenvalue weighted by Crippen LogP contribution is -2.43. The van der Waals surface area contributed by atoms with Gasteiger partial charge in [-0.1, -0.05) is 36.4 Å². The van der Waals surface area contributed by atoms with Gasteiger partial charge in [-0.15, -0.1) is 0 Å². The molecule has 1 unspecified atom stereocenters. The maximum atomic E-state index is 13.1. The highest BCUT2D eigenvalue weighted by molar-refractivity contribution is 5.78. The van der Waals surface area contributed by atoms with E-state index in [0.29, 0.717) is 42.5 Å². The molecule has 3 aromatic carbocycles. The normalized spacial score (nSPS) is 14.6. The number of hydrogen-bond donors (Lipinski definition) is 1. The minimum atomic E-state index is -0.494. The van der Waals surface area contributed by atoms with Gasteiger partial charge in [0.15, 0.2) is 23.0 Å².